The topological polar surface area (TPSA) is 64.1 Å². The number of ether oxygens (including phenoxy) is 1. The van der Waals surface area contributed by atoms with Crippen LogP contribution in [0.1, 0.15) is 12.8 Å². The van der Waals surface area contributed by atoms with E-state index in [1.54, 1.807) is 0 Å². The van der Waals surface area contributed by atoms with Gasteiger partial charge in [0.15, 0.2) is 0 Å². The predicted molar refractivity (Wildman–Crippen MR) is 96.9 cm³/mol. The first kappa shape index (κ1) is 15.4. The van der Waals surface area contributed by atoms with Gasteiger partial charge in [0, 0.05) is 4.90 Å². The van der Waals surface area contributed by atoms with Crippen molar-refractivity contribution in [1.29, 1.82) is 0 Å². The zero-order valence-corrected chi connectivity index (χ0v) is 14.4. The molecule has 3 aromatic rings. The fourth-order valence-corrected chi connectivity index (χ4v) is 3.48. The molecule has 1 heterocycles. The lowest BCUT2D eigenvalue weighted by Gasteiger charge is -2.07. The summed E-state index contributed by atoms with van der Waals surface area (Å²) < 4.78 is 14.1. The Kier molecular flexibility index (Phi) is 4.36. The Morgan fingerprint density at radius 1 is 1.21 bits per heavy atom. The van der Waals surface area contributed by atoms with Crippen molar-refractivity contribution in [3.8, 4) is 5.75 Å². The van der Waals surface area contributed by atoms with Crippen LogP contribution in [0.4, 0.5) is 5.69 Å². The van der Waals surface area contributed by atoms with Crippen molar-refractivity contribution < 1.29 is 9.53 Å². The summed E-state index contributed by atoms with van der Waals surface area (Å²) in [4.78, 5) is 13.2. The van der Waals surface area contributed by atoms with E-state index < -0.39 is 0 Å². The van der Waals surface area contributed by atoms with Gasteiger partial charge >= 0.3 is 0 Å². The number of fused-ring (bicyclic) bond motifs is 1. The second-order valence-electron chi connectivity index (χ2n) is 5.56. The van der Waals surface area contributed by atoms with Gasteiger partial charge in [-0.1, -0.05) is 6.07 Å². The lowest BCUT2D eigenvalue weighted by Crippen LogP contribution is -2.14. The molecule has 1 fully saturated rings. The molecule has 2 aromatic carbocycles. The Bertz CT molecular complexity index is 860. The van der Waals surface area contributed by atoms with Gasteiger partial charge in [0.2, 0.25) is 5.91 Å². The number of amides is 1. The minimum Gasteiger partial charge on any atom is -0.490 e. The molecule has 0 radical (unpaired) electrons. The summed E-state index contributed by atoms with van der Waals surface area (Å²) in [5, 5.41) is 2.91. The average Bonchev–Trinajstić information content (AvgIpc) is 3.27. The van der Waals surface area contributed by atoms with Gasteiger partial charge in [-0.2, -0.15) is 8.75 Å². The van der Waals surface area contributed by atoms with E-state index in [2.05, 4.69) is 14.1 Å². The van der Waals surface area contributed by atoms with Crippen LogP contribution >= 0.6 is 23.5 Å². The van der Waals surface area contributed by atoms with Crippen molar-refractivity contribution >= 4 is 46.1 Å². The predicted octanol–water partition coefficient (Wildman–Crippen LogP) is 3.96. The number of nitrogens with zero attached hydrogens (tertiary/aromatic N) is 2. The molecular weight excluding hydrogens is 342 g/mol. The molecule has 24 heavy (non-hydrogen) atoms. The SMILES string of the molecule is O=C(CSc1ccc(OC2CC2)cc1)Nc1cccc2nsnc12. The Balaban J connectivity index is 1.33. The Hall–Kier alpha value is -2.12. The van der Waals surface area contributed by atoms with Crippen molar-refractivity contribution in [3.63, 3.8) is 0 Å². The number of aromatic nitrogens is 2. The van der Waals surface area contributed by atoms with Crippen LogP contribution < -0.4 is 10.1 Å². The van der Waals surface area contributed by atoms with Crippen molar-refractivity contribution in [1.82, 2.24) is 8.75 Å². The van der Waals surface area contributed by atoms with Crippen LogP contribution in [0.2, 0.25) is 0 Å². The third-order valence-corrected chi connectivity index (χ3v) is 5.14. The summed E-state index contributed by atoms with van der Waals surface area (Å²) in [5.74, 6) is 1.18. The van der Waals surface area contributed by atoms with E-state index >= 15 is 0 Å². The summed E-state index contributed by atoms with van der Waals surface area (Å²) in [5.41, 5.74) is 2.25. The maximum Gasteiger partial charge on any atom is 0.234 e. The Morgan fingerprint density at radius 3 is 2.83 bits per heavy atom. The van der Waals surface area contributed by atoms with Crippen LogP contribution in [0.25, 0.3) is 11.0 Å². The van der Waals surface area contributed by atoms with Crippen LogP contribution in [-0.2, 0) is 4.79 Å². The van der Waals surface area contributed by atoms with Crippen LogP contribution in [0.5, 0.6) is 5.75 Å². The number of nitrogens with one attached hydrogen (secondary N) is 1. The minimum atomic E-state index is -0.0567. The molecule has 1 amide bonds. The summed E-state index contributed by atoms with van der Waals surface area (Å²) in [7, 11) is 0. The first-order chi connectivity index (χ1) is 11.8. The number of anilines is 1. The third kappa shape index (κ3) is 3.68. The zero-order chi connectivity index (χ0) is 16.4. The van der Waals surface area contributed by atoms with Crippen LogP contribution in [0.3, 0.4) is 0 Å². The molecule has 0 spiro atoms. The molecule has 5 nitrogen and oxygen atoms in total. The minimum absolute atomic E-state index is 0.0567. The van der Waals surface area contributed by atoms with Crippen LogP contribution in [-0.4, -0.2) is 26.5 Å². The van der Waals surface area contributed by atoms with E-state index in [1.807, 2.05) is 42.5 Å². The van der Waals surface area contributed by atoms with Gasteiger partial charge in [-0.05, 0) is 49.2 Å². The van der Waals surface area contributed by atoms with Crippen molar-refractivity contribution in [2.24, 2.45) is 0 Å². The first-order valence-electron chi connectivity index (χ1n) is 7.68. The highest BCUT2D eigenvalue weighted by molar-refractivity contribution is 8.00. The van der Waals surface area contributed by atoms with E-state index in [1.165, 1.54) is 11.8 Å². The van der Waals surface area contributed by atoms with E-state index in [9.17, 15) is 4.79 Å². The standard InChI is InChI=1S/C17H15N3O2S2/c21-16(18-14-2-1-3-15-17(14)20-24-19-15)10-23-13-8-6-12(7-9-13)22-11-4-5-11/h1-3,6-9,11H,4-5,10H2,(H,18,21). The molecular formula is C17H15N3O2S2. The number of carbonyl (C=O) groups is 1. The second-order valence-corrected chi connectivity index (χ2v) is 7.14. The molecule has 1 saturated carbocycles. The van der Waals surface area contributed by atoms with E-state index in [4.69, 9.17) is 4.74 Å². The summed E-state index contributed by atoms with van der Waals surface area (Å²) in [6, 6.07) is 13.5. The Morgan fingerprint density at radius 2 is 2.04 bits per heavy atom. The summed E-state index contributed by atoms with van der Waals surface area (Å²) >= 11 is 2.64. The van der Waals surface area contributed by atoms with E-state index in [-0.39, 0.29) is 5.91 Å². The number of rotatable bonds is 6. The lowest BCUT2D eigenvalue weighted by molar-refractivity contribution is -0.113. The van der Waals surface area contributed by atoms with Crippen LogP contribution in [0, 0.1) is 0 Å². The number of hydrogen-bond donors (Lipinski definition) is 1. The molecule has 122 valence electrons. The molecule has 0 saturated heterocycles. The van der Waals surface area contributed by atoms with Gasteiger partial charge in [0.1, 0.15) is 16.8 Å². The van der Waals surface area contributed by atoms with Crippen molar-refractivity contribution in [2.75, 3.05) is 11.1 Å². The molecule has 1 aliphatic carbocycles. The van der Waals surface area contributed by atoms with Gasteiger partial charge in [0.05, 0.1) is 29.3 Å². The number of thioether (sulfide) groups is 1. The number of hydrogen-bond acceptors (Lipinski definition) is 6. The molecule has 1 aliphatic rings. The highest BCUT2D eigenvalue weighted by Crippen LogP contribution is 2.28. The molecule has 0 unspecified atom stereocenters. The smallest absolute Gasteiger partial charge is 0.234 e. The fraction of sp³-hybridized carbons (Fsp3) is 0.235. The summed E-state index contributed by atoms with van der Waals surface area (Å²) in [6.07, 6.45) is 2.70. The highest BCUT2D eigenvalue weighted by atomic mass is 32.2. The van der Waals surface area contributed by atoms with Crippen molar-refractivity contribution in [2.45, 2.75) is 23.8 Å². The van der Waals surface area contributed by atoms with E-state index in [0.29, 0.717) is 17.5 Å². The lowest BCUT2D eigenvalue weighted by atomic mass is 10.2. The number of benzene rings is 2. The molecule has 1 N–H and O–H groups in total. The van der Waals surface area contributed by atoms with Gasteiger partial charge < -0.3 is 10.1 Å². The van der Waals surface area contributed by atoms with Crippen LogP contribution in [0.15, 0.2) is 47.4 Å². The molecule has 0 bridgehead atoms. The quantitative estimate of drug-likeness (QED) is 0.677. The maximum atomic E-state index is 12.2. The van der Waals surface area contributed by atoms with Gasteiger partial charge in [-0.15, -0.1) is 11.8 Å². The van der Waals surface area contributed by atoms with Crippen molar-refractivity contribution in [3.05, 3.63) is 42.5 Å². The first-order valence-corrected chi connectivity index (χ1v) is 9.40. The van der Waals surface area contributed by atoms with Gasteiger partial charge in [-0.3, -0.25) is 4.79 Å². The van der Waals surface area contributed by atoms with Gasteiger partial charge in [-0.25, -0.2) is 0 Å². The van der Waals surface area contributed by atoms with Gasteiger partial charge in [0.25, 0.3) is 0 Å². The molecule has 0 atom stereocenters. The third-order valence-electron chi connectivity index (χ3n) is 3.58. The Labute approximate surface area is 147 Å². The van der Waals surface area contributed by atoms with E-state index in [0.717, 1.165) is 46.2 Å². The maximum absolute atomic E-state index is 12.2. The summed E-state index contributed by atoms with van der Waals surface area (Å²) in [6.45, 7) is 0. The monoisotopic (exact) mass is 357 g/mol. The molecule has 0 aliphatic heterocycles. The zero-order valence-electron chi connectivity index (χ0n) is 12.8. The molecule has 7 heteroatoms. The average molecular weight is 357 g/mol. The molecule has 4 rings (SSSR count). The largest absolute Gasteiger partial charge is 0.490 e. The normalized spacial score (nSPS) is 13.8. The molecule has 1 aromatic heterocycles. The number of carbonyl (C=O) groups excluding carboxylic acids is 1. The highest BCUT2D eigenvalue weighted by Gasteiger charge is 2.23. The fourth-order valence-electron chi connectivity index (χ4n) is 2.23. The second kappa shape index (κ2) is 6.78.